The van der Waals surface area contributed by atoms with Crippen LogP contribution in [0.15, 0.2) is 0 Å². The predicted octanol–water partition coefficient (Wildman–Crippen LogP) is 2.69. The second-order valence-electron chi connectivity index (χ2n) is 4.84. The van der Waals surface area contributed by atoms with Crippen LogP contribution in [0, 0.1) is 29.6 Å². The van der Waals surface area contributed by atoms with Crippen molar-refractivity contribution in [2.24, 2.45) is 29.6 Å². The summed E-state index contributed by atoms with van der Waals surface area (Å²) >= 11 is 0. The number of rotatable bonds is 0. The third-order valence-corrected chi connectivity index (χ3v) is 4.58. The van der Waals surface area contributed by atoms with E-state index in [0.29, 0.717) is 0 Å². The molecule has 4 fully saturated rings. The van der Waals surface area contributed by atoms with E-state index in [4.69, 9.17) is 0 Å². The molecule has 0 aromatic rings. The van der Waals surface area contributed by atoms with Gasteiger partial charge in [-0.25, -0.2) is 0 Å². The summed E-state index contributed by atoms with van der Waals surface area (Å²) in [6.07, 6.45) is 6.40. The maximum absolute atomic E-state index is 2.49. The molecular formula is C10H16. The molecule has 56 valence electrons. The van der Waals surface area contributed by atoms with Crippen molar-refractivity contribution in [3.63, 3.8) is 0 Å². The Morgan fingerprint density at radius 1 is 0.700 bits per heavy atom. The highest BCUT2D eigenvalue weighted by atomic mass is 14.6. The van der Waals surface area contributed by atoms with Gasteiger partial charge in [-0.15, -0.1) is 0 Å². The fourth-order valence-electron chi connectivity index (χ4n) is 3.95. The van der Waals surface area contributed by atoms with E-state index in [1.165, 1.54) is 11.8 Å². The van der Waals surface area contributed by atoms with Gasteiger partial charge in [0.2, 0.25) is 0 Å². The minimum absolute atomic E-state index is 1.09. The van der Waals surface area contributed by atoms with Gasteiger partial charge in [0.05, 0.1) is 0 Å². The van der Waals surface area contributed by atoms with Gasteiger partial charge in [-0.3, -0.25) is 0 Å². The largest absolute Gasteiger partial charge is 0.0620 e. The standard InChI is InChI=1S/C10H16/c1-6-7-2-9-4-8(6)5-10(9)3-7/h6-10H,2-5H2,1H3. The summed E-state index contributed by atoms with van der Waals surface area (Å²) in [5, 5.41) is 0. The SMILES string of the molecule is CC1C2CC3CC1CC3C2. The van der Waals surface area contributed by atoms with E-state index in [0.717, 1.165) is 17.8 Å². The summed E-state index contributed by atoms with van der Waals surface area (Å²) in [5.74, 6) is 5.78. The predicted molar refractivity (Wildman–Crippen MR) is 41.6 cm³/mol. The summed E-state index contributed by atoms with van der Waals surface area (Å²) < 4.78 is 0. The van der Waals surface area contributed by atoms with E-state index in [1.807, 2.05) is 0 Å². The summed E-state index contributed by atoms with van der Waals surface area (Å²) in [4.78, 5) is 0. The fraction of sp³-hybridized carbons (Fsp3) is 1.00. The van der Waals surface area contributed by atoms with Gasteiger partial charge in [-0.1, -0.05) is 6.92 Å². The molecule has 0 nitrogen and oxygen atoms in total. The van der Waals surface area contributed by atoms with Crippen molar-refractivity contribution in [3.05, 3.63) is 0 Å². The van der Waals surface area contributed by atoms with Crippen molar-refractivity contribution < 1.29 is 0 Å². The van der Waals surface area contributed by atoms with Crippen LogP contribution in [-0.2, 0) is 0 Å². The molecule has 0 aromatic heterocycles. The molecule has 4 rings (SSSR count). The second-order valence-corrected chi connectivity index (χ2v) is 4.84. The lowest BCUT2D eigenvalue weighted by Gasteiger charge is -2.32. The molecule has 0 saturated heterocycles. The molecule has 0 heterocycles. The average Bonchev–Trinajstić information content (AvgIpc) is 2.33. The van der Waals surface area contributed by atoms with Crippen molar-refractivity contribution in [2.75, 3.05) is 0 Å². The molecule has 0 N–H and O–H groups in total. The van der Waals surface area contributed by atoms with E-state index in [-0.39, 0.29) is 0 Å². The Kier molecular flexibility index (Phi) is 0.898. The van der Waals surface area contributed by atoms with Gasteiger partial charge in [0.15, 0.2) is 0 Å². The summed E-state index contributed by atoms with van der Waals surface area (Å²) in [5.41, 5.74) is 0. The molecule has 10 heavy (non-hydrogen) atoms. The first kappa shape index (κ1) is 5.62. The van der Waals surface area contributed by atoms with Crippen LogP contribution in [0.25, 0.3) is 0 Å². The van der Waals surface area contributed by atoms with Crippen molar-refractivity contribution in [2.45, 2.75) is 32.6 Å². The fourth-order valence-corrected chi connectivity index (χ4v) is 3.95. The molecule has 0 atom stereocenters. The molecular weight excluding hydrogens is 120 g/mol. The number of hydrogen-bond acceptors (Lipinski definition) is 0. The van der Waals surface area contributed by atoms with Gasteiger partial charge in [0.25, 0.3) is 0 Å². The molecule has 4 aliphatic carbocycles. The van der Waals surface area contributed by atoms with Gasteiger partial charge < -0.3 is 0 Å². The van der Waals surface area contributed by atoms with E-state index >= 15 is 0 Å². The van der Waals surface area contributed by atoms with Gasteiger partial charge in [0, 0.05) is 0 Å². The summed E-state index contributed by atoms with van der Waals surface area (Å²) in [6, 6.07) is 0. The lowest BCUT2D eigenvalue weighted by atomic mass is 9.73. The zero-order valence-electron chi connectivity index (χ0n) is 6.72. The van der Waals surface area contributed by atoms with Crippen LogP contribution < -0.4 is 0 Å². The van der Waals surface area contributed by atoms with Crippen molar-refractivity contribution in [1.29, 1.82) is 0 Å². The molecule has 4 aliphatic rings. The van der Waals surface area contributed by atoms with Gasteiger partial charge >= 0.3 is 0 Å². The Labute approximate surface area is 63.0 Å². The van der Waals surface area contributed by atoms with Crippen molar-refractivity contribution >= 4 is 0 Å². The number of hydrogen-bond donors (Lipinski definition) is 0. The highest BCUT2D eigenvalue weighted by Gasteiger charge is 2.51. The Balaban J connectivity index is 1.98. The minimum Gasteiger partial charge on any atom is -0.0620 e. The molecule has 0 unspecified atom stereocenters. The summed E-state index contributed by atoms with van der Waals surface area (Å²) in [6.45, 7) is 2.49. The Morgan fingerprint density at radius 2 is 1.10 bits per heavy atom. The molecule has 4 bridgehead atoms. The highest BCUT2D eigenvalue weighted by Crippen LogP contribution is 2.60. The third-order valence-electron chi connectivity index (χ3n) is 4.58. The monoisotopic (exact) mass is 136 g/mol. The van der Waals surface area contributed by atoms with Gasteiger partial charge in [-0.05, 0) is 55.3 Å². The quantitative estimate of drug-likeness (QED) is 0.480. The topological polar surface area (TPSA) is 0 Å². The molecule has 0 radical (unpaired) electrons. The average molecular weight is 136 g/mol. The van der Waals surface area contributed by atoms with Crippen LogP contribution in [0.4, 0.5) is 0 Å². The molecule has 0 heteroatoms. The molecule has 0 aromatic carbocycles. The second kappa shape index (κ2) is 1.60. The maximum Gasteiger partial charge on any atom is -0.0380 e. The molecule has 0 spiro atoms. The molecule has 0 aliphatic heterocycles. The Morgan fingerprint density at radius 3 is 1.50 bits per heavy atom. The molecule has 0 amide bonds. The van der Waals surface area contributed by atoms with Crippen LogP contribution in [0.2, 0.25) is 0 Å². The normalized spacial score (nSPS) is 63.9. The lowest BCUT2D eigenvalue weighted by Crippen LogP contribution is -2.23. The van der Waals surface area contributed by atoms with Crippen LogP contribution in [-0.4, -0.2) is 0 Å². The van der Waals surface area contributed by atoms with Crippen LogP contribution in [0.5, 0.6) is 0 Å². The Hall–Kier alpha value is 0. The van der Waals surface area contributed by atoms with Crippen LogP contribution >= 0.6 is 0 Å². The van der Waals surface area contributed by atoms with Crippen LogP contribution in [0.1, 0.15) is 32.6 Å². The molecule has 4 saturated carbocycles. The zero-order chi connectivity index (χ0) is 6.72. The van der Waals surface area contributed by atoms with Gasteiger partial charge in [0.1, 0.15) is 0 Å². The first-order valence-electron chi connectivity index (χ1n) is 4.84. The van der Waals surface area contributed by atoms with Crippen molar-refractivity contribution in [3.8, 4) is 0 Å². The lowest BCUT2D eigenvalue weighted by molar-refractivity contribution is 0.175. The van der Waals surface area contributed by atoms with Gasteiger partial charge in [-0.2, -0.15) is 0 Å². The van der Waals surface area contributed by atoms with E-state index in [9.17, 15) is 0 Å². The summed E-state index contributed by atoms with van der Waals surface area (Å²) in [7, 11) is 0. The third kappa shape index (κ3) is 0.500. The first-order chi connectivity index (χ1) is 4.84. The minimum atomic E-state index is 1.09. The van der Waals surface area contributed by atoms with Crippen LogP contribution in [0.3, 0.4) is 0 Å². The first-order valence-corrected chi connectivity index (χ1v) is 4.84. The Bertz CT molecular complexity index is 131. The maximum atomic E-state index is 2.49. The van der Waals surface area contributed by atoms with Crippen molar-refractivity contribution in [1.82, 2.24) is 0 Å². The van der Waals surface area contributed by atoms with E-state index in [1.54, 1.807) is 25.7 Å². The zero-order valence-corrected chi connectivity index (χ0v) is 6.72. The van der Waals surface area contributed by atoms with E-state index in [2.05, 4.69) is 6.92 Å². The smallest absolute Gasteiger partial charge is 0.0380 e. The highest BCUT2D eigenvalue weighted by molar-refractivity contribution is 5.00. The van der Waals surface area contributed by atoms with E-state index < -0.39 is 0 Å².